The number of nitrogens with two attached hydrogens (primary N) is 1. The molecule has 4 nitrogen and oxygen atoms in total. The molecule has 4 heteroatoms. The van der Waals surface area contributed by atoms with Crippen LogP contribution < -0.4 is 11.1 Å². The topological polar surface area (TPSA) is 68.3 Å². The standard InChI is InChI=1S/C14H16N2O2/c15-8-7-11-3-5-12(6-4-11)14(17)16-10-13-2-1-9-18-13/h1-6,9H,7-8,10,15H2,(H,16,17). The van der Waals surface area contributed by atoms with Gasteiger partial charge in [-0.3, -0.25) is 4.79 Å². The fourth-order valence-corrected chi connectivity index (χ4v) is 1.67. The van der Waals surface area contributed by atoms with E-state index in [1.807, 2.05) is 30.3 Å². The molecule has 1 aromatic carbocycles. The van der Waals surface area contributed by atoms with Gasteiger partial charge in [-0.25, -0.2) is 0 Å². The van der Waals surface area contributed by atoms with Crippen molar-refractivity contribution in [3.05, 3.63) is 59.5 Å². The first-order valence-corrected chi connectivity index (χ1v) is 5.89. The van der Waals surface area contributed by atoms with Crippen LogP contribution in [0.15, 0.2) is 47.1 Å². The molecule has 0 atom stereocenters. The lowest BCUT2D eigenvalue weighted by Crippen LogP contribution is -2.22. The number of benzene rings is 1. The summed E-state index contributed by atoms with van der Waals surface area (Å²) in [5.41, 5.74) is 7.25. The van der Waals surface area contributed by atoms with Crippen molar-refractivity contribution in [2.45, 2.75) is 13.0 Å². The Morgan fingerprint density at radius 2 is 2.00 bits per heavy atom. The van der Waals surface area contributed by atoms with E-state index >= 15 is 0 Å². The lowest BCUT2D eigenvalue weighted by molar-refractivity contribution is 0.0948. The van der Waals surface area contributed by atoms with Crippen molar-refractivity contribution in [2.24, 2.45) is 5.73 Å². The maximum atomic E-state index is 11.8. The van der Waals surface area contributed by atoms with Gasteiger partial charge in [0.05, 0.1) is 12.8 Å². The number of furan rings is 1. The molecule has 0 fully saturated rings. The molecule has 2 aromatic rings. The zero-order valence-corrected chi connectivity index (χ0v) is 10.1. The number of hydrogen-bond donors (Lipinski definition) is 2. The van der Waals surface area contributed by atoms with E-state index in [0.717, 1.165) is 17.7 Å². The van der Waals surface area contributed by atoms with Crippen LogP contribution in [0, 0.1) is 0 Å². The van der Waals surface area contributed by atoms with Gasteiger partial charge < -0.3 is 15.5 Å². The van der Waals surface area contributed by atoms with Crippen molar-refractivity contribution in [3.8, 4) is 0 Å². The maximum absolute atomic E-state index is 11.8. The molecular formula is C14H16N2O2. The van der Waals surface area contributed by atoms with Crippen LogP contribution in [0.2, 0.25) is 0 Å². The maximum Gasteiger partial charge on any atom is 0.251 e. The summed E-state index contributed by atoms with van der Waals surface area (Å²) in [6, 6.07) is 11.1. The molecule has 0 aliphatic heterocycles. The largest absolute Gasteiger partial charge is 0.467 e. The number of hydrogen-bond acceptors (Lipinski definition) is 3. The molecule has 0 unspecified atom stereocenters. The van der Waals surface area contributed by atoms with Crippen LogP contribution in [-0.4, -0.2) is 12.5 Å². The van der Waals surface area contributed by atoms with Gasteiger partial charge in [0.15, 0.2) is 0 Å². The molecule has 0 aliphatic carbocycles. The molecule has 94 valence electrons. The Labute approximate surface area is 106 Å². The summed E-state index contributed by atoms with van der Waals surface area (Å²) in [4.78, 5) is 11.8. The fourth-order valence-electron chi connectivity index (χ4n) is 1.67. The Balaban J connectivity index is 1.92. The summed E-state index contributed by atoms with van der Waals surface area (Å²) >= 11 is 0. The Kier molecular flexibility index (Phi) is 4.15. The summed E-state index contributed by atoms with van der Waals surface area (Å²) in [6.07, 6.45) is 2.41. The van der Waals surface area contributed by atoms with Crippen molar-refractivity contribution in [1.82, 2.24) is 5.32 Å². The third-order valence-corrected chi connectivity index (χ3v) is 2.65. The molecule has 2 rings (SSSR count). The SMILES string of the molecule is NCCc1ccc(C(=O)NCc2ccco2)cc1. The van der Waals surface area contributed by atoms with Crippen LogP contribution in [0.1, 0.15) is 21.7 Å². The zero-order chi connectivity index (χ0) is 12.8. The smallest absolute Gasteiger partial charge is 0.251 e. The van der Waals surface area contributed by atoms with E-state index < -0.39 is 0 Å². The van der Waals surface area contributed by atoms with Gasteiger partial charge in [-0.15, -0.1) is 0 Å². The summed E-state index contributed by atoms with van der Waals surface area (Å²) in [7, 11) is 0. The molecule has 0 saturated carbocycles. The highest BCUT2D eigenvalue weighted by molar-refractivity contribution is 5.94. The van der Waals surface area contributed by atoms with E-state index in [1.54, 1.807) is 12.3 Å². The Morgan fingerprint density at radius 1 is 1.22 bits per heavy atom. The van der Waals surface area contributed by atoms with Gasteiger partial charge >= 0.3 is 0 Å². The highest BCUT2D eigenvalue weighted by atomic mass is 16.3. The second-order valence-corrected chi connectivity index (χ2v) is 4.00. The molecular weight excluding hydrogens is 228 g/mol. The number of carbonyl (C=O) groups is 1. The molecule has 1 aromatic heterocycles. The van der Waals surface area contributed by atoms with Gasteiger partial charge in [0.25, 0.3) is 5.91 Å². The van der Waals surface area contributed by atoms with Gasteiger partial charge in [-0.1, -0.05) is 12.1 Å². The second-order valence-electron chi connectivity index (χ2n) is 4.00. The minimum atomic E-state index is -0.106. The van der Waals surface area contributed by atoms with Crippen LogP contribution in [0.3, 0.4) is 0 Å². The van der Waals surface area contributed by atoms with Crippen LogP contribution in [0.5, 0.6) is 0 Å². The minimum absolute atomic E-state index is 0.106. The summed E-state index contributed by atoms with van der Waals surface area (Å²) < 4.78 is 5.14. The van der Waals surface area contributed by atoms with Gasteiger partial charge in [-0.2, -0.15) is 0 Å². The van der Waals surface area contributed by atoms with Crippen molar-refractivity contribution in [1.29, 1.82) is 0 Å². The molecule has 1 heterocycles. The molecule has 0 aliphatic rings. The zero-order valence-electron chi connectivity index (χ0n) is 10.1. The molecule has 0 radical (unpaired) electrons. The number of nitrogens with one attached hydrogen (secondary N) is 1. The predicted octanol–water partition coefficient (Wildman–Crippen LogP) is 1.71. The van der Waals surface area contributed by atoms with Crippen molar-refractivity contribution in [3.63, 3.8) is 0 Å². The molecule has 0 saturated heterocycles. The van der Waals surface area contributed by atoms with Crippen molar-refractivity contribution in [2.75, 3.05) is 6.54 Å². The number of rotatable bonds is 5. The minimum Gasteiger partial charge on any atom is -0.467 e. The lowest BCUT2D eigenvalue weighted by atomic mass is 10.1. The van der Waals surface area contributed by atoms with Crippen LogP contribution >= 0.6 is 0 Å². The van der Waals surface area contributed by atoms with E-state index in [4.69, 9.17) is 10.2 Å². The number of carbonyl (C=O) groups excluding carboxylic acids is 1. The van der Waals surface area contributed by atoms with Crippen molar-refractivity contribution >= 4 is 5.91 Å². The average molecular weight is 244 g/mol. The first kappa shape index (κ1) is 12.4. The molecule has 3 N–H and O–H groups in total. The summed E-state index contributed by atoms with van der Waals surface area (Å²) in [6.45, 7) is 1.01. The summed E-state index contributed by atoms with van der Waals surface area (Å²) in [5, 5.41) is 2.80. The highest BCUT2D eigenvalue weighted by Gasteiger charge is 2.05. The normalized spacial score (nSPS) is 10.3. The fraction of sp³-hybridized carbons (Fsp3) is 0.214. The predicted molar refractivity (Wildman–Crippen MR) is 69.1 cm³/mol. The van der Waals surface area contributed by atoms with E-state index in [0.29, 0.717) is 18.7 Å². The Morgan fingerprint density at radius 3 is 2.61 bits per heavy atom. The van der Waals surface area contributed by atoms with E-state index in [-0.39, 0.29) is 5.91 Å². The Hall–Kier alpha value is -2.07. The van der Waals surface area contributed by atoms with Crippen LogP contribution in [0.4, 0.5) is 0 Å². The van der Waals surface area contributed by atoms with Crippen LogP contribution in [0.25, 0.3) is 0 Å². The monoisotopic (exact) mass is 244 g/mol. The number of amides is 1. The molecule has 18 heavy (non-hydrogen) atoms. The second kappa shape index (κ2) is 6.02. The highest BCUT2D eigenvalue weighted by Crippen LogP contribution is 2.06. The van der Waals surface area contributed by atoms with Crippen molar-refractivity contribution < 1.29 is 9.21 Å². The average Bonchev–Trinajstić information content (AvgIpc) is 2.90. The molecule has 0 bridgehead atoms. The first-order valence-electron chi connectivity index (χ1n) is 5.89. The van der Waals surface area contributed by atoms with E-state index in [9.17, 15) is 4.79 Å². The lowest BCUT2D eigenvalue weighted by Gasteiger charge is -2.04. The van der Waals surface area contributed by atoms with Crippen LogP contribution in [-0.2, 0) is 13.0 Å². The first-order chi connectivity index (χ1) is 8.79. The quantitative estimate of drug-likeness (QED) is 0.841. The molecule has 0 spiro atoms. The van der Waals surface area contributed by atoms with Gasteiger partial charge in [0, 0.05) is 5.56 Å². The van der Waals surface area contributed by atoms with Gasteiger partial charge in [-0.05, 0) is 42.8 Å². The van der Waals surface area contributed by atoms with E-state index in [2.05, 4.69) is 5.32 Å². The molecule has 1 amide bonds. The third-order valence-electron chi connectivity index (χ3n) is 2.65. The van der Waals surface area contributed by atoms with E-state index in [1.165, 1.54) is 0 Å². The Bertz CT molecular complexity index is 489. The third kappa shape index (κ3) is 3.21. The van der Waals surface area contributed by atoms with Gasteiger partial charge in [0.1, 0.15) is 5.76 Å². The summed E-state index contributed by atoms with van der Waals surface area (Å²) in [5.74, 6) is 0.633. The van der Waals surface area contributed by atoms with Gasteiger partial charge in [0.2, 0.25) is 0 Å².